The largest absolute Gasteiger partial charge is 0.351 e. The number of sulfonamides is 1. The first-order chi connectivity index (χ1) is 19.5. The predicted molar refractivity (Wildman–Crippen MR) is 156 cm³/mol. The molecule has 0 spiro atoms. The van der Waals surface area contributed by atoms with Crippen molar-refractivity contribution in [3.8, 4) is 11.3 Å². The topological polar surface area (TPSA) is 135 Å². The molecule has 1 aliphatic rings. The minimum atomic E-state index is -4.05. The molecule has 41 heavy (non-hydrogen) atoms. The lowest BCUT2D eigenvalue weighted by atomic mass is 9.91. The Balaban J connectivity index is 1.44. The summed E-state index contributed by atoms with van der Waals surface area (Å²) in [4.78, 5) is 33.2. The number of hydrogen-bond acceptors (Lipinski definition) is 9. The van der Waals surface area contributed by atoms with Gasteiger partial charge in [0.2, 0.25) is 5.95 Å². The van der Waals surface area contributed by atoms with E-state index < -0.39 is 21.4 Å². The van der Waals surface area contributed by atoms with E-state index in [1.165, 1.54) is 41.2 Å². The molecule has 216 valence electrons. The summed E-state index contributed by atoms with van der Waals surface area (Å²) < 4.78 is 44.1. The van der Waals surface area contributed by atoms with Crippen molar-refractivity contribution < 1.29 is 12.8 Å². The first-order valence-corrected chi connectivity index (χ1v) is 15.0. The van der Waals surface area contributed by atoms with Crippen LogP contribution < -0.4 is 15.6 Å². The van der Waals surface area contributed by atoms with Crippen LogP contribution in [0.25, 0.3) is 22.4 Å². The maximum Gasteiger partial charge on any atom is 0.278 e. The molecule has 0 atom stereocenters. The van der Waals surface area contributed by atoms with Gasteiger partial charge in [-0.2, -0.15) is 4.98 Å². The highest BCUT2D eigenvalue weighted by atomic mass is 32.2. The van der Waals surface area contributed by atoms with Crippen LogP contribution in [-0.2, 0) is 10.0 Å². The number of nitrogens with zero attached hydrogens (tertiary/aromatic N) is 6. The zero-order valence-corrected chi connectivity index (χ0v) is 24.2. The van der Waals surface area contributed by atoms with E-state index in [1.807, 2.05) is 13.8 Å². The van der Waals surface area contributed by atoms with E-state index in [9.17, 15) is 13.2 Å². The van der Waals surface area contributed by atoms with Gasteiger partial charge in [0.05, 0.1) is 11.9 Å². The van der Waals surface area contributed by atoms with Crippen LogP contribution in [0.5, 0.6) is 0 Å². The van der Waals surface area contributed by atoms with Gasteiger partial charge < -0.3 is 10.2 Å². The van der Waals surface area contributed by atoms with Crippen molar-refractivity contribution in [3.05, 3.63) is 65.1 Å². The molecule has 1 fully saturated rings. The molecule has 2 N–H and O–H groups in total. The third-order valence-electron chi connectivity index (χ3n) is 7.34. The molecule has 0 aliphatic heterocycles. The molecule has 4 aromatic rings. The SMILES string of the molecule is CC(C)n1c(=O)c(-c2ccc(NS(=O)(=O)c3cccnc3)c(F)c2)nc2cnc(N[C@H]3CC[C@H](N(C)C)CC3)nc21. The van der Waals surface area contributed by atoms with Crippen molar-refractivity contribution in [1.29, 1.82) is 0 Å². The third kappa shape index (κ3) is 6.05. The minimum Gasteiger partial charge on any atom is -0.351 e. The van der Waals surface area contributed by atoms with Gasteiger partial charge in [-0.15, -0.1) is 0 Å². The van der Waals surface area contributed by atoms with Crippen LogP contribution in [0, 0.1) is 5.82 Å². The zero-order chi connectivity index (χ0) is 29.3. The van der Waals surface area contributed by atoms with E-state index in [1.54, 1.807) is 6.20 Å². The monoisotopic (exact) mass is 580 g/mol. The van der Waals surface area contributed by atoms with E-state index in [0.29, 0.717) is 23.2 Å². The van der Waals surface area contributed by atoms with Crippen LogP contribution in [0.1, 0.15) is 45.6 Å². The Kier molecular flexibility index (Phi) is 8.00. The van der Waals surface area contributed by atoms with Crippen LogP contribution >= 0.6 is 0 Å². The number of benzene rings is 1. The number of nitrogens with one attached hydrogen (secondary N) is 2. The molecule has 1 aromatic carbocycles. The fourth-order valence-electron chi connectivity index (χ4n) is 5.11. The maximum atomic E-state index is 15.1. The van der Waals surface area contributed by atoms with Crippen molar-refractivity contribution in [2.24, 2.45) is 0 Å². The summed E-state index contributed by atoms with van der Waals surface area (Å²) in [5, 5.41) is 3.41. The summed E-state index contributed by atoms with van der Waals surface area (Å²) in [6.45, 7) is 3.72. The lowest BCUT2D eigenvalue weighted by molar-refractivity contribution is 0.221. The van der Waals surface area contributed by atoms with Gasteiger partial charge in [-0.25, -0.2) is 22.8 Å². The summed E-state index contributed by atoms with van der Waals surface area (Å²) in [6, 6.07) is 7.17. The Bertz CT molecular complexity index is 1720. The molecule has 0 unspecified atom stereocenters. The molecule has 0 radical (unpaired) electrons. The van der Waals surface area contributed by atoms with Gasteiger partial charge in [-0.1, -0.05) is 6.07 Å². The Morgan fingerprint density at radius 3 is 2.46 bits per heavy atom. The average Bonchev–Trinajstić information content (AvgIpc) is 2.94. The molecule has 5 rings (SSSR count). The molecular formula is C28H33FN8O3S. The normalized spacial score (nSPS) is 17.7. The van der Waals surface area contributed by atoms with Gasteiger partial charge in [0.15, 0.2) is 5.65 Å². The number of halogens is 1. The summed E-state index contributed by atoms with van der Waals surface area (Å²) in [5.74, 6) is -0.419. The smallest absolute Gasteiger partial charge is 0.278 e. The van der Waals surface area contributed by atoms with Crippen molar-refractivity contribution in [2.45, 2.75) is 62.6 Å². The number of aromatic nitrogens is 5. The average molecular weight is 581 g/mol. The number of pyridine rings is 1. The van der Waals surface area contributed by atoms with Gasteiger partial charge in [0.1, 0.15) is 21.9 Å². The van der Waals surface area contributed by atoms with Crippen LogP contribution in [0.15, 0.2) is 58.6 Å². The highest BCUT2D eigenvalue weighted by Crippen LogP contribution is 2.27. The van der Waals surface area contributed by atoms with Crippen molar-refractivity contribution in [2.75, 3.05) is 24.1 Å². The first-order valence-electron chi connectivity index (χ1n) is 13.5. The maximum absolute atomic E-state index is 15.1. The second-order valence-corrected chi connectivity index (χ2v) is 12.4. The van der Waals surface area contributed by atoms with E-state index in [-0.39, 0.29) is 33.9 Å². The molecule has 0 bridgehead atoms. The number of hydrogen-bond donors (Lipinski definition) is 2. The molecule has 3 aromatic heterocycles. The minimum absolute atomic E-state index is 0.0121. The third-order valence-corrected chi connectivity index (χ3v) is 8.69. The Morgan fingerprint density at radius 1 is 1.07 bits per heavy atom. The number of rotatable bonds is 8. The van der Waals surface area contributed by atoms with E-state index in [4.69, 9.17) is 0 Å². The second kappa shape index (κ2) is 11.5. The molecule has 13 heteroatoms. The summed E-state index contributed by atoms with van der Waals surface area (Å²) in [6.07, 6.45) is 8.33. The number of anilines is 2. The van der Waals surface area contributed by atoms with Gasteiger partial charge in [-0.05, 0) is 77.9 Å². The number of fused-ring (bicyclic) bond motifs is 1. The van der Waals surface area contributed by atoms with Crippen LogP contribution in [-0.4, -0.2) is 64.0 Å². The summed E-state index contributed by atoms with van der Waals surface area (Å²) >= 11 is 0. The van der Waals surface area contributed by atoms with Gasteiger partial charge in [0.25, 0.3) is 15.6 Å². The van der Waals surface area contributed by atoms with Crippen LogP contribution in [0.3, 0.4) is 0 Å². The highest BCUT2D eigenvalue weighted by molar-refractivity contribution is 7.92. The van der Waals surface area contributed by atoms with Gasteiger partial charge in [0, 0.05) is 36.1 Å². The fraction of sp³-hybridized carbons (Fsp3) is 0.393. The quantitative estimate of drug-likeness (QED) is 0.316. The molecule has 0 saturated heterocycles. The van der Waals surface area contributed by atoms with E-state index in [0.717, 1.165) is 31.7 Å². The van der Waals surface area contributed by atoms with Gasteiger partial charge in [-0.3, -0.25) is 19.1 Å². The predicted octanol–water partition coefficient (Wildman–Crippen LogP) is 4.05. The molecule has 0 amide bonds. The lowest BCUT2D eigenvalue weighted by Gasteiger charge is -2.32. The Morgan fingerprint density at radius 2 is 1.83 bits per heavy atom. The standard InChI is InChI=1S/C28H33FN8O3S/c1-17(2)37-26-24(16-31-28(34-26)32-19-8-10-20(11-9-19)36(3)4)33-25(27(37)38)18-7-12-23(22(29)14-18)35-41(39,40)21-6-5-13-30-15-21/h5-7,12-17,19-20,35H,8-11H2,1-4H3,(H,31,32,34)/t19-,20-. The second-order valence-electron chi connectivity index (χ2n) is 10.7. The summed E-state index contributed by atoms with van der Waals surface area (Å²) in [5.41, 5.74) is 0.283. The van der Waals surface area contributed by atoms with Crippen LogP contribution in [0.2, 0.25) is 0 Å². The molecular weight excluding hydrogens is 547 g/mol. The zero-order valence-electron chi connectivity index (χ0n) is 23.4. The van der Waals surface area contributed by atoms with E-state index >= 15 is 4.39 Å². The van der Waals surface area contributed by atoms with Crippen molar-refractivity contribution >= 4 is 32.8 Å². The fourth-order valence-corrected chi connectivity index (χ4v) is 6.14. The molecule has 1 aliphatic carbocycles. The lowest BCUT2D eigenvalue weighted by Crippen LogP contribution is -2.36. The van der Waals surface area contributed by atoms with Crippen molar-refractivity contribution in [1.82, 2.24) is 29.4 Å². The van der Waals surface area contributed by atoms with Crippen LogP contribution in [0.4, 0.5) is 16.0 Å². The molecule has 1 saturated carbocycles. The molecule has 11 nitrogen and oxygen atoms in total. The van der Waals surface area contributed by atoms with Crippen molar-refractivity contribution in [3.63, 3.8) is 0 Å². The Hall–Kier alpha value is -3.97. The highest BCUT2D eigenvalue weighted by Gasteiger charge is 2.24. The Labute approximate surface area is 237 Å². The summed E-state index contributed by atoms with van der Waals surface area (Å²) in [7, 11) is 0.157. The first kappa shape index (κ1) is 28.6. The van der Waals surface area contributed by atoms with Gasteiger partial charge >= 0.3 is 0 Å². The van der Waals surface area contributed by atoms with E-state index in [2.05, 4.69) is 49.0 Å². The molecule has 3 heterocycles.